The van der Waals surface area contributed by atoms with Crippen molar-refractivity contribution in [3.05, 3.63) is 35.4 Å². The van der Waals surface area contributed by atoms with Crippen molar-refractivity contribution in [2.45, 2.75) is 45.3 Å². The molecule has 0 heterocycles. The van der Waals surface area contributed by atoms with Gasteiger partial charge in [0.15, 0.2) is 0 Å². The third kappa shape index (κ3) is 3.32. The van der Waals surface area contributed by atoms with Gasteiger partial charge in [-0.05, 0) is 24.0 Å². The molecule has 0 bridgehead atoms. The van der Waals surface area contributed by atoms with E-state index in [1.54, 1.807) is 7.11 Å². The first-order valence-electron chi connectivity index (χ1n) is 6.02. The number of ether oxygens (including phenoxy) is 1. The highest BCUT2D eigenvalue weighted by Crippen LogP contribution is 2.21. The number of methoxy groups -OCH3 is 1. The highest BCUT2D eigenvalue weighted by molar-refractivity contribution is 5.24. The topological polar surface area (TPSA) is 29.5 Å². The van der Waals surface area contributed by atoms with Crippen molar-refractivity contribution < 1.29 is 9.84 Å². The number of rotatable bonds is 6. The summed E-state index contributed by atoms with van der Waals surface area (Å²) in [5, 5.41) is 10.1. The van der Waals surface area contributed by atoms with Crippen molar-refractivity contribution in [2.24, 2.45) is 0 Å². The lowest BCUT2D eigenvalue weighted by atomic mass is 10.00. The summed E-state index contributed by atoms with van der Waals surface area (Å²) in [4.78, 5) is 0. The number of aliphatic hydroxyl groups excluding tert-OH is 1. The average Bonchev–Trinajstić information content (AvgIpc) is 2.32. The van der Waals surface area contributed by atoms with Crippen LogP contribution >= 0.6 is 0 Å². The highest BCUT2D eigenvalue weighted by atomic mass is 16.5. The molecule has 0 spiro atoms. The van der Waals surface area contributed by atoms with E-state index in [-0.39, 0.29) is 6.10 Å². The molecule has 16 heavy (non-hydrogen) atoms. The van der Waals surface area contributed by atoms with Crippen LogP contribution in [0.2, 0.25) is 0 Å². The van der Waals surface area contributed by atoms with Crippen LogP contribution < -0.4 is 0 Å². The smallest absolute Gasteiger partial charge is 0.105 e. The van der Waals surface area contributed by atoms with Gasteiger partial charge in [0.25, 0.3) is 0 Å². The first-order valence-corrected chi connectivity index (χ1v) is 6.02. The van der Waals surface area contributed by atoms with Crippen LogP contribution in [0.3, 0.4) is 0 Å². The maximum Gasteiger partial charge on any atom is 0.105 e. The lowest BCUT2D eigenvalue weighted by Gasteiger charge is -2.20. The quantitative estimate of drug-likeness (QED) is 0.801. The summed E-state index contributed by atoms with van der Waals surface area (Å²) in [5.74, 6) is 0. The molecule has 0 aromatic heterocycles. The molecule has 0 aliphatic heterocycles. The molecule has 0 saturated carbocycles. The first-order chi connectivity index (χ1) is 7.72. The molecule has 90 valence electrons. The standard InChI is InChI=1S/C14H22O2/c1-4-6-11-7-9-12(10-8-11)14(15)13(5-2)16-3/h7-10,13-15H,4-6H2,1-3H3. The Kier molecular flexibility index (Phi) is 5.50. The molecule has 0 fully saturated rings. The molecule has 2 unspecified atom stereocenters. The fourth-order valence-electron chi connectivity index (χ4n) is 1.90. The second kappa shape index (κ2) is 6.66. The van der Waals surface area contributed by atoms with Gasteiger partial charge in [0.2, 0.25) is 0 Å². The minimum Gasteiger partial charge on any atom is -0.386 e. The molecular weight excluding hydrogens is 200 g/mol. The number of aliphatic hydroxyl groups is 1. The van der Waals surface area contributed by atoms with Crippen LogP contribution in [-0.2, 0) is 11.2 Å². The number of hydrogen-bond donors (Lipinski definition) is 1. The summed E-state index contributed by atoms with van der Waals surface area (Å²) in [6.45, 7) is 4.18. The van der Waals surface area contributed by atoms with Crippen LogP contribution in [-0.4, -0.2) is 18.3 Å². The average molecular weight is 222 g/mol. The summed E-state index contributed by atoms with van der Waals surface area (Å²) in [6.07, 6.45) is 2.42. The second-order valence-corrected chi connectivity index (χ2v) is 4.12. The number of hydrogen-bond acceptors (Lipinski definition) is 2. The molecule has 1 N–H and O–H groups in total. The van der Waals surface area contributed by atoms with E-state index >= 15 is 0 Å². The van der Waals surface area contributed by atoms with Crippen LogP contribution in [0.4, 0.5) is 0 Å². The zero-order valence-corrected chi connectivity index (χ0v) is 10.4. The molecular formula is C14H22O2. The van der Waals surface area contributed by atoms with Crippen LogP contribution in [0.1, 0.15) is 43.9 Å². The van der Waals surface area contributed by atoms with Crippen molar-refractivity contribution in [2.75, 3.05) is 7.11 Å². The van der Waals surface area contributed by atoms with Gasteiger partial charge in [-0.15, -0.1) is 0 Å². The largest absolute Gasteiger partial charge is 0.386 e. The zero-order chi connectivity index (χ0) is 12.0. The van der Waals surface area contributed by atoms with E-state index in [1.165, 1.54) is 5.56 Å². The third-order valence-corrected chi connectivity index (χ3v) is 2.92. The van der Waals surface area contributed by atoms with Crippen LogP contribution in [0.5, 0.6) is 0 Å². The van der Waals surface area contributed by atoms with E-state index in [2.05, 4.69) is 19.1 Å². The molecule has 1 aromatic rings. The Hall–Kier alpha value is -0.860. The van der Waals surface area contributed by atoms with Crippen molar-refractivity contribution in [3.8, 4) is 0 Å². The molecule has 2 atom stereocenters. The monoisotopic (exact) mass is 222 g/mol. The Morgan fingerprint density at radius 1 is 1.19 bits per heavy atom. The second-order valence-electron chi connectivity index (χ2n) is 4.12. The molecule has 0 aliphatic rings. The molecule has 0 radical (unpaired) electrons. The highest BCUT2D eigenvalue weighted by Gasteiger charge is 2.18. The predicted molar refractivity (Wildman–Crippen MR) is 66.5 cm³/mol. The predicted octanol–water partition coefficient (Wildman–Crippen LogP) is 3.10. The van der Waals surface area contributed by atoms with E-state index in [0.29, 0.717) is 0 Å². The van der Waals surface area contributed by atoms with Gasteiger partial charge in [0.05, 0.1) is 6.10 Å². The Labute approximate surface area is 98.3 Å². The maximum absolute atomic E-state index is 10.1. The molecule has 1 aromatic carbocycles. The minimum atomic E-state index is -0.523. The van der Waals surface area contributed by atoms with Crippen molar-refractivity contribution >= 4 is 0 Å². The third-order valence-electron chi connectivity index (χ3n) is 2.92. The van der Waals surface area contributed by atoms with Crippen molar-refractivity contribution in [1.29, 1.82) is 0 Å². The SMILES string of the molecule is CCCc1ccc(C(O)C(CC)OC)cc1. The lowest BCUT2D eigenvalue weighted by molar-refractivity contribution is -0.0148. The van der Waals surface area contributed by atoms with E-state index in [9.17, 15) is 5.11 Å². The molecule has 0 aliphatic carbocycles. The summed E-state index contributed by atoms with van der Waals surface area (Å²) >= 11 is 0. The lowest BCUT2D eigenvalue weighted by Crippen LogP contribution is -2.19. The Bertz CT molecular complexity index is 288. The number of benzene rings is 1. The zero-order valence-electron chi connectivity index (χ0n) is 10.4. The molecule has 1 rings (SSSR count). The van der Waals surface area contributed by atoms with Crippen LogP contribution in [0.25, 0.3) is 0 Å². The van der Waals surface area contributed by atoms with E-state index in [1.807, 2.05) is 19.1 Å². The van der Waals surface area contributed by atoms with Gasteiger partial charge in [0, 0.05) is 7.11 Å². The van der Waals surface area contributed by atoms with Gasteiger partial charge in [-0.2, -0.15) is 0 Å². The van der Waals surface area contributed by atoms with Gasteiger partial charge in [-0.25, -0.2) is 0 Å². The fraction of sp³-hybridized carbons (Fsp3) is 0.571. The minimum absolute atomic E-state index is 0.114. The van der Waals surface area contributed by atoms with Gasteiger partial charge in [0.1, 0.15) is 6.10 Å². The Balaban J connectivity index is 2.72. The fourth-order valence-corrected chi connectivity index (χ4v) is 1.90. The number of aryl methyl sites for hydroxylation is 1. The molecule has 0 saturated heterocycles. The summed E-state index contributed by atoms with van der Waals surface area (Å²) in [6, 6.07) is 8.17. The summed E-state index contributed by atoms with van der Waals surface area (Å²) in [5.41, 5.74) is 2.26. The normalized spacial score (nSPS) is 14.8. The van der Waals surface area contributed by atoms with Crippen LogP contribution in [0, 0.1) is 0 Å². The summed E-state index contributed by atoms with van der Waals surface area (Å²) in [7, 11) is 1.64. The van der Waals surface area contributed by atoms with Crippen LogP contribution in [0.15, 0.2) is 24.3 Å². The van der Waals surface area contributed by atoms with Gasteiger partial charge in [-0.3, -0.25) is 0 Å². The van der Waals surface area contributed by atoms with Crippen molar-refractivity contribution in [1.82, 2.24) is 0 Å². The van der Waals surface area contributed by atoms with Gasteiger partial charge < -0.3 is 9.84 Å². The van der Waals surface area contributed by atoms with Crippen molar-refractivity contribution in [3.63, 3.8) is 0 Å². The maximum atomic E-state index is 10.1. The molecule has 0 amide bonds. The first kappa shape index (κ1) is 13.2. The van der Waals surface area contributed by atoms with Gasteiger partial charge in [-0.1, -0.05) is 44.5 Å². The van der Waals surface area contributed by atoms with E-state index < -0.39 is 6.10 Å². The molecule has 2 heteroatoms. The summed E-state index contributed by atoms with van der Waals surface area (Å²) < 4.78 is 5.24. The van der Waals surface area contributed by atoms with E-state index in [4.69, 9.17) is 4.74 Å². The Morgan fingerprint density at radius 3 is 2.25 bits per heavy atom. The molecule has 2 nitrogen and oxygen atoms in total. The van der Waals surface area contributed by atoms with E-state index in [0.717, 1.165) is 24.8 Å². The Morgan fingerprint density at radius 2 is 1.81 bits per heavy atom. The van der Waals surface area contributed by atoms with Gasteiger partial charge >= 0.3 is 0 Å².